The Balaban J connectivity index is 2.01. The molecule has 3 N–H and O–H groups in total. The number of sulfone groups is 1. The topological polar surface area (TPSA) is 90.7 Å². The molecule has 0 aromatic rings. The summed E-state index contributed by atoms with van der Waals surface area (Å²) in [5, 5.41) is -0.244. The van der Waals surface area contributed by atoms with E-state index in [1.165, 1.54) is 6.26 Å². The van der Waals surface area contributed by atoms with Crippen molar-refractivity contribution in [1.82, 2.24) is 5.43 Å². The van der Waals surface area contributed by atoms with E-state index in [9.17, 15) is 8.42 Å². The summed E-state index contributed by atoms with van der Waals surface area (Å²) in [5.41, 5.74) is 2.81. The predicted octanol–water partition coefficient (Wildman–Crippen LogP) is -0.163. The van der Waals surface area contributed by atoms with Crippen molar-refractivity contribution in [3.05, 3.63) is 0 Å². The maximum absolute atomic E-state index is 11.7. The van der Waals surface area contributed by atoms with Crippen LogP contribution in [0.3, 0.4) is 0 Å². The van der Waals surface area contributed by atoms with Gasteiger partial charge in [-0.05, 0) is 25.2 Å². The fourth-order valence-corrected chi connectivity index (χ4v) is 4.35. The molecule has 19 heavy (non-hydrogen) atoms. The van der Waals surface area contributed by atoms with Gasteiger partial charge in [-0.1, -0.05) is 6.42 Å². The first kappa shape index (κ1) is 15.2. The Labute approximate surface area is 114 Å². The molecule has 2 rings (SSSR count). The van der Waals surface area contributed by atoms with Gasteiger partial charge in [-0.2, -0.15) is 0 Å². The van der Waals surface area contributed by atoms with Crippen molar-refractivity contribution in [2.45, 2.75) is 43.1 Å². The van der Waals surface area contributed by atoms with Crippen molar-refractivity contribution < 1.29 is 17.9 Å². The number of rotatable bonds is 4. The standard InChI is InChI=1S/C12H24N2O4S/c1-19(15,16)10-4-2-3-9(7-10)12(14-13)11-8-17-5-6-18-11/h9-12,14H,2-8,13H2,1H3. The van der Waals surface area contributed by atoms with Gasteiger partial charge in [0.25, 0.3) is 0 Å². The van der Waals surface area contributed by atoms with E-state index in [1.54, 1.807) is 0 Å². The second kappa shape index (κ2) is 6.49. The number of ether oxygens (including phenoxy) is 2. The Morgan fingerprint density at radius 1 is 1.32 bits per heavy atom. The number of hydrazine groups is 1. The third-order valence-corrected chi connectivity index (χ3v) is 5.85. The molecule has 4 unspecified atom stereocenters. The number of nitrogens with one attached hydrogen (secondary N) is 1. The van der Waals surface area contributed by atoms with E-state index >= 15 is 0 Å². The summed E-state index contributed by atoms with van der Waals surface area (Å²) in [5.74, 6) is 5.88. The molecule has 4 atom stereocenters. The molecule has 7 heteroatoms. The van der Waals surface area contributed by atoms with Crippen molar-refractivity contribution in [2.24, 2.45) is 11.8 Å². The number of nitrogens with two attached hydrogens (primary N) is 1. The minimum absolute atomic E-state index is 0.0372. The third-order valence-electron chi connectivity index (χ3n) is 4.21. The molecule has 1 aliphatic heterocycles. The van der Waals surface area contributed by atoms with Crippen LogP contribution in [-0.2, 0) is 19.3 Å². The molecule has 1 saturated carbocycles. The Kier molecular flexibility index (Phi) is 5.19. The highest BCUT2D eigenvalue weighted by molar-refractivity contribution is 7.91. The molecule has 0 aromatic carbocycles. The highest BCUT2D eigenvalue weighted by Gasteiger charge is 2.37. The SMILES string of the molecule is CS(=O)(=O)C1CCCC(C(NN)C2COCCO2)C1. The van der Waals surface area contributed by atoms with E-state index in [2.05, 4.69) is 5.43 Å². The van der Waals surface area contributed by atoms with E-state index in [1.807, 2.05) is 0 Å². The molecule has 0 radical (unpaired) electrons. The molecule has 2 aliphatic rings. The molecule has 112 valence electrons. The van der Waals surface area contributed by atoms with Crippen LogP contribution in [0, 0.1) is 5.92 Å². The van der Waals surface area contributed by atoms with Gasteiger partial charge < -0.3 is 9.47 Å². The van der Waals surface area contributed by atoms with Gasteiger partial charge in [0.2, 0.25) is 0 Å². The van der Waals surface area contributed by atoms with Crippen LogP contribution in [0.2, 0.25) is 0 Å². The number of hydrogen-bond acceptors (Lipinski definition) is 6. The maximum Gasteiger partial charge on any atom is 0.150 e. The van der Waals surface area contributed by atoms with Gasteiger partial charge in [-0.15, -0.1) is 0 Å². The summed E-state index contributed by atoms with van der Waals surface area (Å²) in [4.78, 5) is 0. The summed E-state index contributed by atoms with van der Waals surface area (Å²) in [7, 11) is -2.97. The molecule has 0 aromatic heterocycles. The molecular formula is C12H24N2O4S. The summed E-state index contributed by atoms with van der Waals surface area (Å²) in [6.45, 7) is 1.71. The second-order valence-corrected chi connectivity index (χ2v) is 7.88. The maximum atomic E-state index is 11.7. The minimum atomic E-state index is -2.97. The molecule has 0 spiro atoms. The summed E-state index contributed by atoms with van der Waals surface area (Å²) < 4.78 is 34.5. The van der Waals surface area contributed by atoms with Crippen LogP contribution in [-0.4, -0.2) is 51.9 Å². The smallest absolute Gasteiger partial charge is 0.150 e. The first-order valence-corrected chi connectivity index (χ1v) is 8.82. The van der Waals surface area contributed by atoms with Gasteiger partial charge in [-0.3, -0.25) is 11.3 Å². The van der Waals surface area contributed by atoms with Crippen LogP contribution >= 0.6 is 0 Å². The minimum Gasteiger partial charge on any atom is -0.376 e. The Morgan fingerprint density at radius 2 is 2.11 bits per heavy atom. The molecule has 1 heterocycles. The van der Waals surface area contributed by atoms with E-state index < -0.39 is 9.84 Å². The van der Waals surface area contributed by atoms with Crippen LogP contribution in [0.25, 0.3) is 0 Å². The molecule has 0 amide bonds. The first-order chi connectivity index (χ1) is 9.02. The van der Waals surface area contributed by atoms with Crippen LogP contribution < -0.4 is 11.3 Å². The van der Waals surface area contributed by atoms with E-state index in [-0.39, 0.29) is 23.3 Å². The van der Waals surface area contributed by atoms with Crippen LogP contribution in [0.15, 0.2) is 0 Å². The van der Waals surface area contributed by atoms with Gasteiger partial charge in [0.15, 0.2) is 0 Å². The van der Waals surface area contributed by atoms with Gasteiger partial charge in [0.05, 0.1) is 37.2 Å². The predicted molar refractivity (Wildman–Crippen MR) is 72.3 cm³/mol. The van der Waals surface area contributed by atoms with Crippen molar-refractivity contribution >= 4 is 9.84 Å². The lowest BCUT2D eigenvalue weighted by Crippen LogP contribution is -2.54. The van der Waals surface area contributed by atoms with E-state index in [4.69, 9.17) is 15.3 Å². The zero-order valence-corrected chi connectivity index (χ0v) is 12.2. The fourth-order valence-electron chi connectivity index (χ4n) is 3.16. The zero-order chi connectivity index (χ0) is 13.9. The Morgan fingerprint density at radius 3 is 2.68 bits per heavy atom. The zero-order valence-electron chi connectivity index (χ0n) is 11.4. The summed E-state index contributed by atoms with van der Waals surface area (Å²) >= 11 is 0. The van der Waals surface area contributed by atoms with Crippen LogP contribution in [0.1, 0.15) is 25.7 Å². The monoisotopic (exact) mass is 292 g/mol. The lowest BCUT2D eigenvalue weighted by Gasteiger charge is -2.38. The quantitative estimate of drug-likeness (QED) is 0.552. The average molecular weight is 292 g/mol. The number of hydrogen-bond donors (Lipinski definition) is 2. The molecule has 6 nitrogen and oxygen atoms in total. The van der Waals surface area contributed by atoms with Crippen molar-refractivity contribution in [3.8, 4) is 0 Å². The summed E-state index contributed by atoms with van der Waals surface area (Å²) in [6, 6.07) is -0.0372. The van der Waals surface area contributed by atoms with E-state index in [0.717, 1.165) is 19.3 Å². The van der Waals surface area contributed by atoms with Crippen LogP contribution in [0.4, 0.5) is 0 Å². The van der Waals surface area contributed by atoms with Crippen molar-refractivity contribution in [3.63, 3.8) is 0 Å². The second-order valence-electron chi connectivity index (χ2n) is 5.55. The molecular weight excluding hydrogens is 268 g/mol. The normalized spacial score (nSPS) is 34.9. The Hall–Kier alpha value is -0.210. The van der Waals surface area contributed by atoms with Gasteiger partial charge in [0, 0.05) is 6.26 Å². The molecule has 1 saturated heterocycles. The highest BCUT2D eigenvalue weighted by atomic mass is 32.2. The molecule has 0 bridgehead atoms. The van der Waals surface area contributed by atoms with Gasteiger partial charge in [-0.25, -0.2) is 8.42 Å². The fraction of sp³-hybridized carbons (Fsp3) is 1.00. The average Bonchev–Trinajstić information content (AvgIpc) is 2.40. The first-order valence-electron chi connectivity index (χ1n) is 6.86. The molecule has 2 fully saturated rings. The third kappa shape index (κ3) is 3.88. The Bertz CT molecular complexity index is 381. The van der Waals surface area contributed by atoms with Gasteiger partial charge >= 0.3 is 0 Å². The van der Waals surface area contributed by atoms with Gasteiger partial charge in [0.1, 0.15) is 9.84 Å². The van der Waals surface area contributed by atoms with E-state index in [0.29, 0.717) is 26.2 Å². The van der Waals surface area contributed by atoms with Crippen molar-refractivity contribution in [1.29, 1.82) is 0 Å². The molecule has 1 aliphatic carbocycles. The largest absolute Gasteiger partial charge is 0.376 e. The van der Waals surface area contributed by atoms with Crippen LogP contribution in [0.5, 0.6) is 0 Å². The lowest BCUT2D eigenvalue weighted by atomic mass is 9.81. The lowest BCUT2D eigenvalue weighted by molar-refractivity contribution is -0.110. The van der Waals surface area contributed by atoms with Crippen molar-refractivity contribution in [2.75, 3.05) is 26.1 Å². The highest BCUT2D eigenvalue weighted by Crippen LogP contribution is 2.32. The summed E-state index contributed by atoms with van der Waals surface area (Å²) in [6.07, 6.45) is 4.57.